The lowest BCUT2D eigenvalue weighted by molar-refractivity contribution is -0.115. The van der Waals surface area contributed by atoms with E-state index in [4.69, 9.17) is 9.47 Å². The molecule has 2 aromatic rings. The van der Waals surface area contributed by atoms with E-state index in [9.17, 15) is 4.79 Å². The maximum absolute atomic E-state index is 12.3. The van der Waals surface area contributed by atoms with Gasteiger partial charge in [-0.25, -0.2) is 4.99 Å². The van der Waals surface area contributed by atoms with Gasteiger partial charge in [0.2, 0.25) is 0 Å². The Morgan fingerprint density at radius 1 is 1.15 bits per heavy atom. The summed E-state index contributed by atoms with van der Waals surface area (Å²) >= 11 is 1.33. The average molecular weight is 382 g/mol. The molecule has 2 aromatic carbocycles. The first-order valence-electron chi connectivity index (χ1n) is 8.83. The summed E-state index contributed by atoms with van der Waals surface area (Å²) in [6.45, 7) is 4.57. The number of carbonyl (C=O) groups excluding carboxylic acids is 1. The first kappa shape index (κ1) is 19.0. The number of benzene rings is 2. The first-order chi connectivity index (χ1) is 13.1. The number of para-hydroxylation sites is 1. The van der Waals surface area contributed by atoms with Gasteiger partial charge in [0.15, 0.2) is 16.7 Å². The maximum Gasteiger partial charge on any atom is 0.264 e. The molecule has 27 heavy (non-hydrogen) atoms. The lowest BCUT2D eigenvalue weighted by Gasteiger charge is -2.09. The third kappa shape index (κ3) is 4.52. The summed E-state index contributed by atoms with van der Waals surface area (Å²) in [5, 5.41) is 3.42. The molecule has 0 bridgehead atoms. The van der Waals surface area contributed by atoms with Crippen LogP contribution in [-0.4, -0.2) is 24.8 Å². The van der Waals surface area contributed by atoms with Gasteiger partial charge < -0.3 is 14.8 Å². The van der Waals surface area contributed by atoms with Crippen LogP contribution in [0.15, 0.2) is 52.4 Å². The van der Waals surface area contributed by atoms with E-state index >= 15 is 0 Å². The van der Waals surface area contributed by atoms with Gasteiger partial charge in [-0.15, -0.1) is 0 Å². The van der Waals surface area contributed by atoms with Crippen LogP contribution in [0.1, 0.15) is 25.0 Å². The molecule has 1 amide bonds. The number of nitrogens with one attached hydrogen (secondary N) is 1. The summed E-state index contributed by atoms with van der Waals surface area (Å²) < 4.78 is 10.9. The number of rotatable bonds is 6. The number of methoxy groups -OCH3 is 1. The molecule has 1 saturated heterocycles. The van der Waals surface area contributed by atoms with Crippen LogP contribution < -0.4 is 14.8 Å². The molecule has 0 aliphatic carbocycles. The summed E-state index contributed by atoms with van der Waals surface area (Å²) in [6.07, 6.45) is 2.72. The van der Waals surface area contributed by atoms with Crippen molar-refractivity contribution in [3.8, 4) is 11.5 Å². The van der Waals surface area contributed by atoms with Crippen LogP contribution >= 0.6 is 11.8 Å². The molecule has 5 nitrogen and oxygen atoms in total. The van der Waals surface area contributed by atoms with Gasteiger partial charge in [0.25, 0.3) is 5.91 Å². The minimum atomic E-state index is -0.152. The number of hydrogen-bond donors (Lipinski definition) is 1. The highest BCUT2D eigenvalue weighted by molar-refractivity contribution is 8.18. The summed E-state index contributed by atoms with van der Waals surface area (Å²) in [7, 11) is 1.60. The van der Waals surface area contributed by atoms with Crippen molar-refractivity contribution in [2.45, 2.75) is 20.3 Å². The van der Waals surface area contributed by atoms with Crippen molar-refractivity contribution in [1.29, 1.82) is 0 Å². The number of aryl methyl sites for hydroxylation is 1. The predicted molar refractivity (Wildman–Crippen MR) is 111 cm³/mol. The Hall–Kier alpha value is -2.73. The van der Waals surface area contributed by atoms with Crippen LogP contribution in [-0.2, 0) is 11.2 Å². The van der Waals surface area contributed by atoms with E-state index in [-0.39, 0.29) is 5.91 Å². The fraction of sp³-hybridized carbons (Fsp3) is 0.238. The molecule has 6 heteroatoms. The molecule has 140 valence electrons. The van der Waals surface area contributed by atoms with E-state index in [1.807, 2.05) is 55.5 Å². The first-order valence-corrected chi connectivity index (χ1v) is 9.64. The van der Waals surface area contributed by atoms with Crippen LogP contribution in [0.3, 0.4) is 0 Å². The number of carbonyl (C=O) groups is 1. The zero-order valence-electron chi connectivity index (χ0n) is 15.6. The van der Waals surface area contributed by atoms with Crippen LogP contribution in [0.2, 0.25) is 0 Å². The van der Waals surface area contributed by atoms with Gasteiger partial charge in [0.05, 0.1) is 24.3 Å². The molecule has 0 atom stereocenters. The van der Waals surface area contributed by atoms with Crippen molar-refractivity contribution >= 4 is 34.6 Å². The Balaban J connectivity index is 1.84. The van der Waals surface area contributed by atoms with Gasteiger partial charge >= 0.3 is 0 Å². The molecule has 1 aliphatic heterocycles. The minimum absolute atomic E-state index is 0.152. The van der Waals surface area contributed by atoms with Crippen molar-refractivity contribution in [2.75, 3.05) is 13.7 Å². The van der Waals surface area contributed by atoms with Crippen molar-refractivity contribution < 1.29 is 14.3 Å². The molecule has 0 aromatic heterocycles. The number of thioether (sulfide) groups is 1. The van der Waals surface area contributed by atoms with Crippen LogP contribution in [0.5, 0.6) is 11.5 Å². The van der Waals surface area contributed by atoms with Gasteiger partial charge in [-0.2, -0.15) is 0 Å². The Morgan fingerprint density at radius 3 is 2.70 bits per heavy atom. The molecule has 1 heterocycles. The molecule has 1 aliphatic rings. The van der Waals surface area contributed by atoms with Crippen molar-refractivity contribution in [2.24, 2.45) is 4.99 Å². The normalized spacial score (nSPS) is 16.6. The topological polar surface area (TPSA) is 59.9 Å². The lowest BCUT2D eigenvalue weighted by Crippen LogP contribution is -2.19. The summed E-state index contributed by atoms with van der Waals surface area (Å²) in [4.78, 5) is 17.5. The fourth-order valence-corrected chi connectivity index (χ4v) is 3.54. The quantitative estimate of drug-likeness (QED) is 0.745. The Morgan fingerprint density at radius 2 is 1.96 bits per heavy atom. The highest BCUT2D eigenvalue weighted by Gasteiger charge is 2.24. The fourth-order valence-electron chi connectivity index (χ4n) is 2.71. The second-order valence-electron chi connectivity index (χ2n) is 5.81. The van der Waals surface area contributed by atoms with Crippen LogP contribution in [0.25, 0.3) is 6.08 Å². The highest BCUT2D eigenvalue weighted by atomic mass is 32.2. The molecular formula is C21H22N2O3S. The van der Waals surface area contributed by atoms with Gasteiger partial charge in [-0.05, 0) is 60.5 Å². The van der Waals surface area contributed by atoms with E-state index in [0.29, 0.717) is 28.2 Å². The number of amidine groups is 1. The van der Waals surface area contributed by atoms with Crippen LogP contribution in [0.4, 0.5) is 5.69 Å². The van der Waals surface area contributed by atoms with Gasteiger partial charge in [-0.3, -0.25) is 4.79 Å². The van der Waals surface area contributed by atoms with E-state index in [1.54, 1.807) is 7.11 Å². The molecule has 1 fully saturated rings. The minimum Gasteiger partial charge on any atom is -0.493 e. The van der Waals surface area contributed by atoms with E-state index in [0.717, 1.165) is 23.2 Å². The molecule has 0 spiro atoms. The third-order valence-electron chi connectivity index (χ3n) is 4.03. The smallest absolute Gasteiger partial charge is 0.264 e. The number of amides is 1. The van der Waals surface area contributed by atoms with Gasteiger partial charge in [0, 0.05) is 0 Å². The molecule has 1 N–H and O–H groups in total. The number of hydrogen-bond acceptors (Lipinski definition) is 5. The standard InChI is InChI=1S/C21H22N2O3S/c1-4-15-8-6-7-9-16(15)22-21-23-20(24)19(27-21)13-14-10-11-17(26-5-2)18(12-14)25-3/h6-13H,4-5H2,1-3H3,(H,22,23,24). The molecule has 0 unspecified atom stereocenters. The van der Waals surface area contributed by atoms with Crippen LogP contribution in [0, 0.1) is 0 Å². The van der Waals surface area contributed by atoms with Crippen molar-refractivity contribution in [3.63, 3.8) is 0 Å². The van der Waals surface area contributed by atoms with Crippen molar-refractivity contribution in [3.05, 3.63) is 58.5 Å². The summed E-state index contributed by atoms with van der Waals surface area (Å²) in [5.74, 6) is 1.17. The summed E-state index contributed by atoms with van der Waals surface area (Å²) in [5.41, 5.74) is 2.89. The Labute approximate surface area is 163 Å². The van der Waals surface area contributed by atoms with Gasteiger partial charge in [-0.1, -0.05) is 31.2 Å². The number of aliphatic imine (C=N–C) groups is 1. The largest absolute Gasteiger partial charge is 0.493 e. The maximum atomic E-state index is 12.3. The monoisotopic (exact) mass is 382 g/mol. The van der Waals surface area contributed by atoms with E-state index in [2.05, 4.69) is 17.2 Å². The predicted octanol–water partition coefficient (Wildman–Crippen LogP) is 4.55. The number of ether oxygens (including phenoxy) is 2. The van der Waals surface area contributed by atoms with E-state index in [1.165, 1.54) is 11.8 Å². The Kier molecular flexibility index (Phi) is 6.19. The molecule has 0 saturated carbocycles. The average Bonchev–Trinajstić information content (AvgIpc) is 3.02. The summed E-state index contributed by atoms with van der Waals surface area (Å²) in [6, 6.07) is 13.5. The van der Waals surface area contributed by atoms with Crippen molar-refractivity contribution in [1.82, 2.24) is 5.32 Å². The zero-order valence-corrected chi connectivity index (χ0v) is 16.4. The third-order valence-corrected chi connectivity index (χ3v) is 4.94. The number of nitrogens with zero attached hydrogens (tertiary/aromatic N) is 1. The molecule has 0 radical (unpaired) electrons. The second-order valence-corrected chi connectivity index (χ2v) is 6.84. The van der Waals surface area contributed by atoms with E-state index < -0.39 is 0 Å². The molecular weight excluding hydrogens is 360 g/mol. The molecule has 3 rings (SSSR count). The highest BCUT2D eigenvalue weighted by Crippen LogP contribution is 2.32. The second kappa shape index (κ2) is 8.77. The zero-order chi connectivity index (χ0) is 19.2. The SMILES string of the molecule is CCOc1ccc(C=C2SC(=Nc3ccccc3CC)NC2=O)cc1OC. The lowest BCUT2D eigenvalue weighted by atomic mass is 10.1. The van der Waals surface area contributed by atoms with Gasteiger partial charge in [0.1, 0.15) is 0 Å². The Bertz CT molecular complexity index is 906.